The third-order valence-electron chi connectivity index (χ3n) is 5.65. The topological polar surface area (TPSA) is 84.9 Å². The van der Waals surface area contributed by atoms with E-state index < -0.39 is 46.6 Å². The first-order valence-corrected chi connectivity index (χ1v) is 10.2. The maximum atomic E-state index is 14.5. The molecule has 0 bridgehead atoms. The van der Waals surface area contributed by atoms with Gasteiger partial charge in [-0.25, -0.2) is 8.78 Å². The van der Waals surface area contributed by atoms with Gasteiger partial charge in [-0.2, -0.15) is 4.39 Å². The zero-order valence-corrected chi connectivity index (χ0v) is 17.5. The molecule has 172 valence electrons. The maximum absolute atomic E-state index is 14.5. The van der Waals surface area contributed by atoms with Gasteiger partial charge >= 0.3 is 5.97 Å². The van der Waals surface area contributed by atoms with E-state index >= 15 is 0 Å². The Kier molecular flexibility index (Phi) is 7.61. The number of methoxy groups -OCH3 is 1. The van der Waals surface area contributed by atoms with Crippen LogP contribution in [-0.2, 0) is 11.4 Å². The molecular formula is C23H24F3NO5. The first kappa shape index (κ1) is 23.4. The number of carboxylic acids is 1. The van der Waals surface area contributed by atoms with Gasteiger partial charge in [0.2, 0.25) is 5.82 Å². The lowest BCUT2D eigenvalue weighted by molar-refractivity contribution is -0.143. The molecule has 1 amide bonds. The molecule has 0 saturated heterocycles. The van der Waals surface area contributed by atoms with E-state index in [2.05, 4.69) is 5.32 Å². The van der Waals surface area contributed by atoms with Gasteiger partial charge in [0.15, 0.2) is 17.4 Å². The predicted molar refractivity (Wildman–Crippen MR) is 109 cm³/mol. The van der Waals surface area contributed by atoms with Gasteiger partial charge < -0.3 is 19.9 Å². The Morgan fingerprint density at radius 2 is 1.72 bits per heavy atom. The minimum Gasteiger partial charge on any atom is -0.497 e. The van der Waals surface area contributed by atoms with Gasteiger partial charge in [0.05, 0.1) is 18.6 Å². The first-order chi connectivity index (χ1) is 15.3. The molecule has 2 aromatic rings. The Morgan fingerprint density at radius 1 is 1.06 bits per heavy atom. The van der Waals surface area contributed by atoms with E-state index in [9.17, 15) is 22.8 Å². The molecule has 3 rings (SSSR count). The second-order valence-electron chi connectivity index (χ2n) is 7.77. The lowest BCUT2D eigenvalue weighted by Gasteiger charge is -2.26. The van der Waals surface area contributed by atoms with Crippen molar-refractivity contribution in [3.8, 4) is 11.5 Å². The summed E-state index contributed by atoms with van der Waals surface area (Å²) >= 11 is 0. The molecule has 0 aliphatic heterocycles. The van der Waals surface area contributed by atoms with Crippen LogP contribution in [0.1, 0.15) is 41.6 Å². The van der Waals surface area contributed by atoms with Crippen LogP contribution >= 0.6 is 0 Å². The monoisotopic (exact) mass is 451 g/mol. The van der Waals surface area contributed by atoms with Crippen LogP contribution in [0.15, 0.2) is 30.3 Å². The number of benzene rings is 2. The molecule has 1 aliphatic carbocycles. The van der Waals surface area contributed by atoms with E-state index in [-0.39, 0.29) is 19.1 Å². The number of aliphatic carboxylic acids is 1. The summed E-state index contributed by atoms with van der Waals surface area (Å²) in [4.78, 5) is 23.3. The fourth-order valence-corrected chi connectivity index (χ4v) is 3.70. The smallest absolute Gasteiger partial charge is 0.306 e. The highest BCUT2D eigenvalue weighted by atomic mass is 19.2. The largest absolute Gasteiger partial charge is 0.497 e. The summed E-state index contributed by atoms with van der Waals surface area (Å²) in [6.07, 6.45) is 2.18. The van der Waals surface area contributed by atoms with E-state index in [0.29, 0.717) is 43.1 Å². The Labute approximate surface area is 183 Å². The summed E-state index contributed by atoms with van der Waals surface area (Å²) in [5, 5.41) is 11.5. The molecule has 6 nitrogen and oxygen atoms in total. The average Bonchev–Trinajstić information content (AvgIpc) is 2.80. The van der Waals surface area contributed by atoms with Gasteiger partial charge in [-0.05, 0) is 55.4 Å². The summed E-state index contributed by atoms with van der Waals surface area (Å²) in [6.45, 7) is -0.0363. The Morgan fingerprint density at radius 3 is 2.31 bits per heavy atom. The lowest BCUT2D eigenvalue weighted by atomic mass is 9.82. The summed E-state index contributed by atoms with van der Waals surface area (Å²) in [6, 6.07) is 7.17. The van der Waals surface area contributed by atoms with Crippen molar-refractivity contribution in [1.82, 2.24) is 5.32 Å². The highest BCUT2D eigenvalue weighted by Crippen LogP contribution is 2.30. The predicted octanol–water partition coefficient (Wildman–Crippen LogP) is 4.31. The SMILES string of the molecule is COc1ccc(COc2c(F)cc(C(=O)NCC3CCC(C(=O)O)CC3)c(F)c2F)cc1. The maximum Gasteiger partial charge on any atom is 0.306 e. The second kappa shape index (κ2) is 10.4. The van der Waals surface area contributed by atoms with E-state index in [0.717, 1.165) is 0 Å². The third-order valence-corrected chi connectivity index (χ3v) is 5.65. The number of halogens is 3. The highest BCUT2D eigenvalue weighted by Gasteiger charge is 2.28. The van der Waals surface area contributed by atoms with Gasteiger partial charge in [0.1, 0.15) is 12.4 Å². The number of nitrogens with one attached hydrogen (secondary N) is 1. The molecule has 0 heterocycles. The highest BCUT2D eigenvalue weighted by molar-refractivity contribution is 5.94. The zero-order valence-electron chi connectivity index (χ0n) is 17.5. The number of carboxylic acid groups (broad SMARTS) is 1. The molecule has 0 unspecified atom stereocenters. The second-order valence-corrected chi connectivity index (χ2v) is 7.77. The van der Waals surface area contributed by atoms with Crippen molar-refractivity contribution in [2.24, 2.45) is 11.8 Å². The summed E-state index contributed by atoms with van der Waals surface area (Å²) in [5.74, 6) is -6.72. The summed E-state index contributed by atoms with van der Waals surface area (Å²) < 4.78 is 53.4. The van der Waals surface area contributed by atoms with Crippen molar-refractivity contribution in [1.29, 1.82) is 0 Å². The molecule has 9 heteroatoms. The van der Waals surface area contributed by atoms with Crippen LogP contribution in [0.25, 0.3) is 0 Å². The van der Waals surface area contributed by atoms with Crippen molar-refractivity contribution >= 4 is 11.9 Å². The Balaban J connectivity index is 1.61. The van der Waals surface area contributed by atoms with Crippen molar-refractivity contribution in [2.75, 3.05) is 13.7 Å². The van der Waals surface area contributed by atoms with Gasteiger partial charge in [-0.3, -0.25) is 9.59 Å². The Hall–Kier alpha value is -3.23. The van der Waals surface area contributed by atoms with Gasteiger partial charge in [-0.1, -0.05) is 12.1 Å². The third kappa shape index (κ3) is 5.52. The summed E-state index contributed by atoms with van der Waals surface area (Å²) in [5.41, 5.74) is -0.166. The van der Waals surface area contributed by atoms with Crippen molar-refractivity contribution < 1.29 is 37.3 Å². The summed E-state index contributed by atoms with van der Waals surface area (Å²) in [7, 11) is 1.50. The van der Waals surface area contributed by atoms with E-state index in [4.69, 9.17) is 14.6 Å². The van der Waals surface area contributed by atoms with E-state index in [1.54, 1.807) is 24.3 Å². The molecule has 1 saturated carbocycles. The average molecular weight is 451 g/mol. The number of hydrogen-bond donors (Lipinski definition) is 2. The fraction of sp³-hybridized carbons (Fsp3) is 0.391. The first-order valence-electron chi connectivity index (χ1n) is 10.2. The standard InChI is InChI=1S/C23H24F3NO5/c1-31-16-8-4-14(5-9-16)12-32-21-18(24)10-17(19(25)20(21)26)22(28)27-11-13-2-6-15(7-3-13)23(29)30/h4-5,8-10,13,15H,2-3,6-7,11-12H2,1H3,(H,27,28)(H,29,30). The van der Waals surface area contributed by atoms with Crippen molar-refractivity contribution in [3.05, 3.63) is 58.9 Å². The minimum absolute atomic E-state index is 0.0272. The minimum atomic E-state index is -1.58. The van der Waals surface area contributed by atoms with Crippen LogP contribution < -0.4 is 14.8 Å². The van der Waals surface area contributed by atoms with Crippen LogP contribution in [0.2, 0.25) is 0 Å². The molecule has 1 aliphatic rings. The number of amides is 1. The molecule has 1 fully saturated rings. The van der Waals surface area contributed by atoms with E-state index in [1.165, 1.54) is 7.11 Å². The number of ether oxygens (including phenoxy) is 2. The molecule has 0 radical (unpaired) electrons. The molecule has 2 aromatic carbocycles. The fourth-order valence-electron chi connectivity index (χ4n) is 3.70. The van der Waals surface area contributed by atoms with Crippen LogP contribution in [0.5, 0.6) is 11.5 Å². The van der Waals surface area contributed by atoms with Gasteiger partial charge in [0.25, 0.3) is 5.91 Å². The van der Waals surface area contributed by atoms with Crippen LogP contribution in [0.3, 0.4) is 0 Å². The molecule has 0 atom stereocenters. The van der Waals surface area contributed by atoms with Crippen molar-refractivity contribution in [2.45, 2.75) is 32.3 Å². The van der Waals surface area contributed by atoms with Crippen molar-refractivity contribution in [3.63, 3.8) is 0 Å². The molecular weight excluding hydrogens is 427 g/mol. The number of carbonyl (C=O) groups excluding carboxylic acids is 1. The van der Waals surface area contributed by atoms with Crippen LogP contribution in [-0.4, -0.2) is 30.6 Å². The quantitative estimate of drug-likeness (QED) is 0.585. The van der Waals surface area contributed by atoms with Crippen LogP contribution in [0, 0.1) is 29.3 Å². The molecule has 32 heavy (non-hydrogen) atoms. The van der Waals surface area contributed by atoms with Gasteiger partial charge in [0, 0.05) is 6.54 Å². The number of rotatable bonds is 8. The number of hydrogen-bond acceptors (Lipinski definition) is 4. The Bertz CT molecular complexity index is 973. The normalized spacial score (nSPS) is 18.1. The zero-order chi connectivity index (χ0) is 23.3. The molecule has 0 spiro atoms. The van der Waals surface area contributed by atoms with Crippen LogP contribution in [0.4, 0.5) is 13.2 Å². The lowest BCUT2D eigenvalue weighted by Crippen LogP contribution is -2.33. The molecule has 0 aromatic heterocycles. The molecule has 2 N–H and O–H groups in total. The van der Waals surface area contributed by atoms with Gasteiger partial charge in [-0.15, -0.1) is 0 Å². The number of carbonyl (C=O) groups is 2. The van der Waals surface area contributed by atoms with E-state index in [1.807, 2.05) is 0 Å².